The van der Waals surface area contributed by atoms with Gasteiger partial charge in [0, 0.05) is 12.1 Å². The number of carbonyl (C=O) groups excluding carboxylic acids is 1. The van der Waals surface area contributed by atoms with Crippen molar-refractivity contribution >= 4 is 12.0 Å². The normalized spacial score (nSPS) is 22.6. The van der Waals surface area contributed by atoms with E-state index in [9.17, 15) is 9.59 Å². The molecule has 0 saturated heterocycles. The fourth-order valence-electron chi connectivity index (χ4n) is 3.15. The minimum atomic E-state index is -0.683. The van der Waals surface area contributed by atoms with E-state index in [0.717, 1.165) is 44.9 Å². The predicted molar refractivity (Wildman–Crippen MR) is 83.2 cm³/mol. The zero-order valence-electron chi connectivity index (χ0n) is 13.6. The molecule has 2 amide bonds. The van der Waals surface area contributed by atoms with Crippen molar-refractivity contribution in [2.24, 2.45) is 11.8 Å². The molecule has 1 rings (SSSR count). The summed E-state index contributed by atoms with van der Waals surface area (Å²) in [5, 5.41) is 15.0. The van der Waals surface area contributed by atoms with E-state index in [0.29, 0.717) is 12.5 Å². The lowest BCUT2D eigenvalue weighted by Gasteiger charge is -2.32. The topological polar surface area (TPSA) is 78.4 Å². The molecule has 0 bridgehead atoms. The van der Waals surface area contributed by atoms with E-state index >= 15 is 0 Å². The van der Waals surface area contributed by atoms with Crippen LogP contribution in [0.4, 0.5) is 4.79 Å². The summed E-state index contributed by atoms with van der Waals surface area (Å²) in [6.07, 6.45) is 6.01. The summed E-state index contributed by atoms with van der Waals surface area (Å²) in [5.41, 5.74) is -0.106. The van der Waals surface area contributed by atoms with E-state index in [2.05, 4.69) is 31.4 Å². The Morgan fingerprint density at radius 3 is 2.00 bits per heavy atom. The van der Waals surface area contributed by atoms with Gasteiger partial charge < -0.3 is 15.7 Å². The van der Waals surface area contributed by atoms with Gasteiger partial charge in [-0.2, -0.15) is 0 Å². The molecule has 0 aromatic rings. The summed E-state index contributed by atoms with van der Waals surface area (Å²) < 4.78 is 0. The summed E-state index contributed by atoms with van der Waals surface area (Å²) in [7, 11) is 0. The Hall–Kier alpha value is -1.26. The third kappa shape index (κ3) is 5.21. The number of amides is 2. The summed E-state index contributed by atoms with van der Waals surface area (Å²) >= 11 is 0. The highest BCUT2D eigenvalue weighted by Gasteiger charge is 2.28. The lowest BCUT2D eigenvalue weighted by atomic mass is 9.82. The number of urea groups is 1. The first kappa shape index (κ1) is 17.8. The maximum absolute atomic E-state index is 12.0. The number of hydrogen-bond donors (Lipinski definition) is 3. The van der Waals surface area contributed by atoms with Crippen molar-refractivity contribution in [2.45, 2.75) is 71.3 Å². The smallest absolute Gasteiger partial charge is 0.315 e. The first-order valence-corrected chi connectivity index (χ1v) is 8.25. The Morgan fingerprint density at radius 1 is 1.05 bits per heavy atom. The Bertz CT molecular complexity index is 337. The third-order valence-corrected chi connectivity index (χ3v) is 5.16. The quantitative estimate of drug-likeness (QED) is 0.675. The Kier molecular flexibility index (Phi) is 6.99. The molecule has 21 heavy (non-hydrogen) atoms. The van der Waals surface area contributed by atoms with Gasteiger partial charge in [-0.1, -0.05) is 20.8 Å². The second-order valence-electron chi connectivity index (χ2n) is 6.23. The van der Waals surface area contributed by atoms with Gasteiger partial charge in [-0.05, 0) is 50.9 Å². The van der Waals surface area contributed by atoms with Gasteiger partial charge in [-0.25, -0.2) is 4.79 Å². The highest BCUT2D eigenvalue weighted by Crippen LogP contribution is 2.28. The first-order chi connectivity index (χ1) is 9.96. The number of rotatable bonds is 7. The van der Waals surface area contributed by atoms with E-state index in [1.54, 1.807) is 0 Å². The molecule has 0 aromatic carbocycles. The fourth-order valence-corrected chi connectivity index (χ4v) is 3.15. The van der Waals surface area contributed by atoms with Crippen molar-refractivity contribution in [3.63, 3.8) is 0 Å². The molecule has 0 unspecified atom stereocenters. The SMILES string of the molecule is CCC(CC)(CC)NC(=O)NCC1CCC(C(=O)O)CC1. The van der Waals surface area contributed by atoms with Crippen LogP contribution in [0, 0.1) is 11.8 Å². The maximum atomic E-state index is 12.0. The lowest BCUT2D eigenvalue weighted by Crippen LogP contribution is -2.52. The summed E-state index contributed by atoms with van der Waals surface area (Å²) in [5.74, 6) is -0.466. The van der Waals surface area contributed by atoms with Gasteiger partial charge in [0.15, 0.2) is 0 Å². The maximum Gasteiger partial charge on any atom is 0.315 e. The van der Waals surface area contributed by atoms with Gasteiger partial charge >= 0.3 is 12.0 Å². The van der Waals surface area contributed by atoms with Crippen LogP contribution >= 0.6 is 0 Å². The molecular formula is C16H30N2O3. The number of hydrogen-bond acceptors (Lipinski definition) is 2. The van der Waals surface area contributed by atoms with Crippen molar-refractivity contribution in [2.75, 3.05) is 6.54 Å². The fraction of sp³-hybridized carbons (Fsp3) is 0.875. The second kappa shape index (κ2) is 8.25. The van der Waals surface area contributed by atoms with Gasteiger partial charge in [0.25, 0.3) is 0 Å². The summed E-state index contributed by atoms with van der Waals surface area (Å²) in [6, 6.07) is -0.0964. The Morgan fingerprint density at radius 2 is 1.57 bits per heavy atom. The Labute approximate surface area is 127 Å². The molecule has 0 radical (unpaired) electrons. The molecule has 5 heteroatoms. The first-order valence-electron chi connectivity index (χ1n) is 8.25. The number of aliphatic carboxylic acids is 1. The molecule has 0 spiro atoms. The van der Waals surface area contributed by atoms with E-state index in [1.165, 1.54) is 0 Å². The highest BCUT2D eigenvalue weighted by molar-refractivity contribution is 5.74. The van der Waals surface area contributed by atoms with Crippen LogP contribution < -0.4 is 10.6 Å². The van der Waals surface area contributed by atoms with Crippen LogP contribution in [0.1, 0.15) is 65.7 Å². The van der Waals surface area contributed by atoms with Crippen molar-refractivity contribution < 1.29 is 14.7 Å². The molecule has 3 N–H and O–H groups in total. The van der Waals surface area contributed by atoms with Gasteiger partial charge in [-0.3, -0.25) is 4.79 Å². The summed E-state index contributed by atoms with van der Waals surface area (Å²) in [6.45, 7) is 6.94. The van der Waals surface area contributed by atoms with Crippen LogP contribution in [0.5, 0.6) is 0 Å². The van der Waals surface area contributed by atoms with Crippen molar-refractivity contribution in [3.8, 4) is 0 Å². The molecule has 1 saturated carbocycles. The molecule has 5 nitrogen and oxygen atoms in total. The van der Waals surface area contributed by atoms with Gasteiger partial charge in [0.2, 0.25) is 0 Å². The average Bonchev–Trinajstić information content (AvgIpc) is 2.51. The van der Waals surface area contributed by atoms with Gasteiger partial charge in [-0.15, -0.1) is 0 Å². The van der Waals surface area contributed by atoms with E-state index in [-0.39, 0.29) is 17.5 Å². The minimum Gasteiger partial charge on any atom is -0.481 e. The molecule has 1 aliphatic carbocycles. The van der Waals surface area contributed by atoms with Crippen molar-refractivity contribution in [1.82, 2.24) is 10.6 Å². The highest BCUT2D eigenvalue weighted by atomic mass is 16.4. The van der Waals surface area contributed by atoms with Crippen molar-refractivity contribution in [1.29, 1.82) is 0 Å². The molecule has 1 aliphatic rings. The third-order valence-electron chi connectivity index (χ3n) is 5.16. The minimum absolute atomic E-state index is 0.0964. The van der Waals surface area contributed by atoms with Crippen LogP contribution in [0.15, 0.2) is 0 Å². The second-order valence-corrected chi connectivity index (χ2v) is 6.23. The number of nitrogens with one attached hydrogen (secondary N) is 2. The lowest BCUT2D eigenvalue weighted by molar-refractivity contribution is -0.143. The summed E-state index contributed by atoms with van der Waals surface area (Å²) in [4.78, 5) is 22.9. The number of carboxylic acids is 1. The van der Waals surface area contributed by atoms with Crippen molar-refractivity contribution in [3.05, 3.63) is 0 Å². The zero-order chi connectivity index (χ0) is 15.9. The molecular weight excluding hydrogens is 268 g/mol. The average molecular weight is 298 g/mol. The zero-order valence-corrected chi connectivity index (χ0v) is 13.6. The van der Waals surface area contributed by atoms with Crippen LogP contribution in [0.25, 0.3) is 0 Å². The van der Waals surface area contributed by atoms with E-state index < -0.39 is 5.97 Å². The Balaban J connectivity index is 2.32. The van der Waals surface area contributed by atoms with E-state index in [1.807, 2.05) is 0 Å². The molecule has 1 fully saturated rings. The van der Waals surface area contributed by atoms with Gasteiger partial charge in [0.05, 0.1) is 5.92 Å². The molecule has 122 valence electrons. The van der Waals surface area contributed by atoms with Crippen LogP contribution in [-0.4, -0.2) is 29.2 Å². The predicted octanol–water partition coefficient (Wildman–Crippen LogP) is 3.15. The molecule has 0 heterocycles. The number of carboxylic acid groups (broad SMARTS) is 1. The van der Waals surface area contributed by atoms with Crippen LogP contribution in [0.3, 0.4) is 0 Å². The van der Waals surface area contributed by atoms with Gasteiger partial charge in [0.1, 0.15) is 0 Å². The number of carbonyl (C=O) groups is 2. The molecule has 0 aromatic heterocycles. The van der Waals surface area contributed by atoms with Crippen LogP contribution in [-0.2, 0) is 4.79 Å². The van der Waals surface area contributed by atoms with Crippen LogP contribution in [0.2, 0.25) is 0 Å². The molecule has 0 aliphatic heterocycles. The standard InChI is InChI=1S/C16H30N2O3/c1-4-16(5-2,6-3)18-15(21)17-11-12-7-9-13(10-8-12)14(19)20/h12-13H,4-11H2,1-3H3,(H,19,20)(H2,17,18,21). The van der Waals surface area contributed by atoms with E-state index in [4.69, 9.17) is 5.11 Å². The molecule has 0 atom stereocenters. The monoisotopic (exact) mass is 298 g/mol. The largest absolute Gasteiger partial charge is 0.481 e.